The molecule has 3 aromatic rings. The van der Waals surface area contributed by atoms with E-state index < -0.39 is 0 Å². The molecule has 0 aliphatic rings. The molecule has 2 aromatic carbocycles. The number of carbonyl (C=O) groups excluding carboxylic acids is 1. The molecule has 0 aliphatic carbocycles. The first-order chi connectivity index (χ1) is 12.2. The zero-order chi connectivity index (χ0) is 17.6. The van der Waals surface area contributed by atoms with Crippen LogP contribution in [0.1, 0.15) is 0 Å². The Kier molecular flexibility index (Phi) is 5.47. The molecule has 0 saturated carbocycles. The minimum Gasteiger partial charge on any atom is -0.496 e. The topological polar surface area (TPSA) is 73.3 Å². The molecule has 1 aromatic heterocycles. The van der Waals surface area contributed by atoms with Crippen molar-refractivity contribution in [3.8, 4) is 22.1 Å². The second kappa shape index (κ2) is 7.96. The van der Waals surface area contributed by atoms with Gasteiger partial charge in [-0.25, -0.2) is 0 Å². The number of benzene rings is 2. The number of ether oxygens (including phenoxy) is 2. The quantitative estimate of drug-likeness (QED) is 0.707. The van der Waals surface area contributed by atoms with Gasteiger partial charge in [-0.3, -0.25) is 10.1 Å². The molecule has 0 saturated heterocycles. The van der Waals surface area contributed by atoms with Crippen molar-refractivity contribution in [3.63, 3.8) is 0 Å². The number of halogens is 1. The highest BCUT2D eigenvalue weighted by molar-refractivity contribution is 7.18. The Balaban J connectivity index is 1.61. The molecular weight excluding hydrogens is 362 g/mol. The van der Waals surface area contributed by atoms with E-state index in [1.165, 1.54) is 11.3 Å². The van der Waals surface area contributed by atoms with Crippen molar-refractivity contribution in [3.05, 3.63) is 53.6 Å². The van der Waals surface area contributed by atoms with Crippen LogP contribution in [-0.2, 0) is 4.79 Å². The maximum Gasteiger partial charge on any atom is 0.264 e. The van der Waals surface area contributed by atoms with Crippen LogP contribution in [0.2, 0.25) is 5.02 Å². The Morgan fingerprint density at radius 3 is 2.68 bits per heavy atom. The summed E-state index contributed by atoms with van der Waals surface area (Å²) >= 11 is 7.06. The van der Waals surface area contributed by atoms with E-state index in [2.05, 4.69) is 15.5 Å². The van der Waals surface area contributed by atoms with E-state index in [0.29, 0.717) is 26.7 Å². The number of nitrogens with one attached hydrogen (secondary N) is 1. The SMILES string of the molecule is COc1ccccc1-c1nnc(NC(=O)COc2ccc(Cl)cc2)s1. The number of rotatable bonds is 6. The summed E-state index contributed by atoms with van der Waals surface area (Å²) < 4.78 is 10.7. The van der Waals surface area contributed by atoms with Crippen LogP contribution in [0.4, 0.5) is 5.13 Å². The summed E-state index contributed by atoms with van der Waals surface area (Å²) in [5.41, 5.74) is 0.820. The van der Waals surface area contributed by atoms with E-state index in [1.807, 2.05) is 24.3 Å². The fourth-order valence-corrected chi connectivity index (χ4v) is 2.95. The van der Waals surface area contributed by atoms with Gasteiger partial charge in [0.15, 0.2) is 11.6 Å². The molecule has 1 N–H and O–H groups in total. The summed E-state index contributed by atoms with van der Waals surface area (Å²) in [6.07, 6.45) is 0. The summed E-state index contributed by atoms with van der Waals surface area (Å²) in [5.74, 6) is 0.937. The normalized spacial score (nSPS) is 10.3. The molecule has 0 unspecified atom stereocenters. The fourth-order valence-electron chi connectivity index (χ4n) is 2.04. The van der Waals surface area contributed by atoms with Gasteiger partial charge < -0.3 is 9.47 Å². The van der Waals surface area contributed by atoms with Crippen molar-refractivity contribution < 1.29 is 14.3 Å². The number of anilines is 1. The van der Waals surface area contributed by atoms with Gasteiger partial charge in [0, 0.05) is 5.02 Å². The number of nitrogens with zero attached hydrogens (tertiary/aromatic N) is 2. The first-order valence-electron chi connectivity index (χ1n) is 7.31. The lowest BCUT2D eigenvalue weighted by Gasteiger charge is -2.05. The molecule has 6 nitrogen and oxygen atoms in total. The second-order valence-electron chi connectivity index (χ2n) is 4.90. The minimum absolute atomic E-state index is 0.134. The predicted octanol–water partition coefficient (Wildman–Crippen LogP) is 3.88. The Morgan fingerprint density at radius 1 is 1.16 bits per heavy atom. The van der Waals surface area contributed by atoms with Gasteiger partial charge in [0.2, 0.25) is 5.13 Å². The Hall–Kier alpha value is -2.64. The summed E-state index contributed by atoms with van der Waals surface area (Å²) in [7, 11) is 1.59. The molecule has 0 fully saturated rings. The van der Waals surface area contributed by atoms with E-state index in [0.717, 1.165) is 5.56 Å². The first kappa shape index (κ1) is 17.2. The average molecular weight is 376 g/mol. The standard InChI is InChI=1S/C17H14ClN3O3S/c1-23-14-5-3-2-4-13(14)16-20-21-17(25-16)19-15(22)10-24-12-8-6-11(18)7-9-12/h2-9H,10H2,1H3,(H,19,21,22). The van der Waals surface area contributed by atoms with E-state index in [4.69, 9.17) is 21.1 Å². The Labute approximate surface area is 153 Å². The van der Waals surface area contributed by atoms with Crippen LogP contribution in [0.25, 0.3) is 10.6 Å². The minimum atomic E-state index is -0.322. The number of hydrogen-bond donors (Lipinski definition) is 1. The van der Waals surface area contributed by atoms with Gasteiger partial charge in [0.1, 0.15) is 11.5 Å². The second-order valence-corrected chi connectivity index (χ2v) is 6.32. The highest BCUT2D eigenvalue weighted by Gasteiger charge is 2.13. The number of methoxy groups -OCH3 is 1. The molecule has 0 bridgehead atoms. The lowest BCUT2D eigenvalue weighted by molar-refractivity contribution is -0.118. The summed E-state index contributed by atoms with van der Waals surface area (Å²) in [4.78, 5) is 12.0. The van der Waals surface area contributed by atoms with Crippen molar-refractivity contribution in [2.45, 2.75) is 0 Å². The molecule has 1 amide bonds. The molecule has 0 atom stereocenters. The molecular formula is C17H14ClN3O3S. The third-order valence-electron chi connectivity index (χ3n) is 3.19. The largest absolute Gasteiger partial charge is 0.496 e. The van der Waals surface area contributed by atoms with Crippen LogP contribution in [0.3, 0.4) is 0 Å². The third-order valence-corrected chi connectivity index (χ3v) is 4.32. The third kappa shape index (κ3) is 4.46. The molecule has 0 spiro atoms. The lowest BCUT2D eigenvalue weighted by atomic mass is 10.2. The van der Waals surface area contributed by atoms with Crippen LogP contribution in [0.15, 0.2) is 48.5 Å². The van der Waals surface area contributed by atoms with Crippen LogP contribution >= 0.6 is 22.9 Å². The molecule has 0 radical (unpaired) electrons. The Bertz CT molecular complexity index is 868. The molecule has 0 aliphatic heterocycles. The van der Waals surface area contributed by atoms with Crippen molar-refractivity contribution >= 4 is 34.0 Å². The number of carbonyl (C=O) groups is 1. The van der Waals surface area contributed by atoms with Crippen molar-refractivity contribution in [1.82, 2.24) is 10.2 Å². The monoisotopic (exact) mass is 375 g/mol. The first-order valence-corrected chi connectivity index (χ1v) is 8.50. The maximum atomic E-state index is 12.0. The van der Waals surface area contributed by atoms with E-state index in [1.54, 1.807) is 31.4 Å². The van der Waals surface area contributed by atoms with Crippen molar-refractivity contribution in [2.75, 3.05) is 19.0 Å². The summed E-state index contributed by atoms with van der Waals surface area (Å²) in [6, 6.07) is 14.3. The predicted molar refractivity (Wildman–Crippen MR) is 97.5 cm³/mol. The van der Waals surface area contributed by atoms with Gasteiger partial charge in [-0.2, -0.15) is 0 Å². The van der Waals surface area contributed by atoms with Crippen LogP contribution in [0.5, 0.6) is 11.5 Å². The van der Waals surface area contributed by atoms with Gasteiger partial charge in [0.25, 0.3) is 5.91 Å². The van der Waals surface area contributed by atoms with Crippen molar-refractivity contribution in [1.29, 1.82) is 0 Å². The van der Waals surface area contributed by atoms with Crippen molar-refractivity contribution in [2.24, 2.45) is 0 Å². The van der Waals surface area contributed by atoms with E-state index >= 15 is 0 Å². The highest BCUT2D eigenvalue weighted by atomic mass is 35.5. The molecule has 128 valence electrons. The summed E-state index contributed by atoms with van der Waals surface area (Å²) in [6.45, 7) is -0.134. The number of hydrogen-bond acceptors (Lipinski definition) is 6. The molecule has 25 heavy (non-hydrogen) atoms. The maximum absolute atomic E-state index is 12.0. The lowest BCUT2D eigenvalue weighted by Crippen LogP contribution is -2.20. The number of para-hydroxylation sites is 1. The number of aromatic nitrogens is 2. The summed E-state index contributed by atoms with van der Waals surface area (Å²) in [5, 5.41) is 12.4. The molecule has 1 heterocycles. The van der Waals surface area contributed by atoms with E-state index in [-0.39, 0.29) is 12.5 Å². The number of amides is 1. The van der Waals surface area contributed by atoms with E-state index in [9.17, 15) is 4.79 Å². The smallest absolute Gasteiger partial charge is 0.264 e. The molecule has 8 heteroatoms. The zero-order valence-corrected chi connectivity index (χ0v) is 14.8. The van der Waals surface area contributed by atoms with Gasteiger partial charge in [0.05, 0.1) is 12.7 Å². The van der Waals surface area contributed by atoms with Crippen LogP contribution in [-0.4, -0.2) is 29.8 Å². The molecule has 3 rings (SSSR count). The van der Waals surface area contributed by atoms with Gasteiger partial charge in [-0.15, -0.1) is 10.2 Å². The Morgan fingerprint density at radius 2 is 1.92 bits per heavy atom. The zero-order valence-electron chi connectivity index (χ0n) is 13.2. The van der Waals surface area contributed by atoms with Crippen LogP contribution in [0, 0.1) is 0 Å². The van der Waals surface area contributed by atoms with Gasteiger partial charge in [-0.05, 0) is 36.4 Å². The van der Waals surface area contributed by atoms with Gasteiger partial charge >= 0.3 is 0 Å². The average Bonchev–Trinajstić information content (AvgIpc) is 3.09. The fraction of sp³-hybridized carbons (Fsp3) is 0.118. The highest BCUT2D eigenvalue weighted by Crippen LogP contribution is 2.33. The van der Waals surface area contributed by atoms with Gasteiger partial charge in [-0.1, -0.05) is 35.1 Å². The van der Waals surface area contributed by atoms with Crippen LogP contribution < -0.4 is 14.8 Å².